The van der Waals surface area contributed by atoms with Crippen molar-refractivity contribution >= 4 is 23.1 Å². The first-order valence-electron chi connectivity index (χ1n) is 8.52. The van der Waals surface area contributed by atoms with Gasteiger partial charge in [0, 0.05) is 28.0 Å². The molecule has 0 unspecified atom stereocenters. The molecule has 1 aromatic carbocycles. The average Bonchev–Trinajstić information content (AvgIpc) is 3.26. The van der Waals surface area contributed by atoms with E-state index in [4.69, 9.17) is 4.98 Å². The van der Waals surface area contributed by atoms with Crippen molar-refractivity contribution in [2.75, 3.05) is 0 Å². The molecule has 136 valence electrons. The lowest BCUT2D eigenvalue weighted by Crippen LogP contribution is -1.97. The molecule has 0 bridgehead atoms. The van der Waals surface area contributed by atoms with E-state index in [0.29, 0.717) is 22.0 Å². The van der Waals surface area contributed by atoms with Crippen LogP contribution in [0, 0.1) is 17.1 Å². The van der Waals surface area contributed by atoms with Crippen LogP contribution in [0.1, 0.15) is 10.4 Å². The van der Waals surface area contributed by atoms with E-state index in [1.807, 2.05) is 35.7 Å². The standard InChI is InChI=1S/C22H14FN3S2/c23-16-8-6-15(7-9-16)21-12-18(20-5-1-2-10-25-20)19(13-24)22(26-21)28-14-17-4-3-11-27-17/h1-12H,14H2. The zero-order valence-electron chi connectivity index (χ0n) is 14.7. The number of thioether (sulfide) groups is 1. The highest BCUT2D eigenvalue weighted by molar-refractivity contribution is 7.98. The molecule has 0 saturated heterocycles. The van der Waals surface area contributed by atoms with Crippen molar-refractivity contribution in [3.05, 3.63) is 88.5 Å². The normalized spacial score (nSPS) is 10.6. The second-order valence-corrected chi connectivity index (χ2v) is 7.93. The molecule has 0 spiro atoms. The lowest BCUT2D eigenvalue weighted by atomic mass is 10.0. The van der Waals surface area contributed by atoms with Gasteiger partial charge in [-0.05, 0) is 53.9 Å². The molecule has 0 radical (unpaired) electrons. The maximum absolute atomic E-state index is 13.3. The molecule has 6 heteroatoms. The summed E-state index contributed by atoms with van der Waals surface area (Å²) in [7, 11) is 0. The van der Waals surface area contributed by atoms with Crippen molar-refractivity contribution in [3.63, 3.8) is 0 Å². The summed E-state index contributed by atoms with van der Waals surface area (Å²) in [6.07, 6.45) is 1.70. The molecule has 3 heterocycles. The van der Waals surface area contributed by atoms with Crippen LogP contribution in [0.25, 0.3) is 22.5 Å². The summed E-state index contributed by atoms with van der Waals surface area (Å²) in [6.45, 7) is 0. The molecule has 0 N–H and O–H groups in total. The molecular weight excluding hydrogens is 389 g/mol. The van der Waals surface area contributed by atoms with E-state index in [1.165, 1.54) is 28.8 Å². The van der Waals surface area contributed by atoms with E-state index in [0.717, 1.165) is 16.9 Å². The third-order valence-corrected chi connectivity index (χ3v) is 6.19. The summed E-state index contributed by atoms with van der Waals surface area (Å²) in [4.78, 5) is 10.3. The van der Waals surface area contributed by atoms with Gasteiger partial charge in [-0.1, -0.05) is 23.9 Å². The van der Waals surface area contributed by atoms with E-state index in [-0.39, 0.29) is 5.82 Å². The predicted octanol–water partition coefficient (Wildman–Crippen LogP) is 6.18. The van der Waals surface area contributed by atoms with E-state index in [9.17, 15) is 9.65 Å². The molecule has 28 heavy (non-hydrogen) atoms. The largest absolute Gasteiger partial charge is 0.256 e. The molecule has 4 aromatic rings. The lowest BCUT2D eigenvalue weighted by Gasteiger charge is -2.12. The Labute approximate surface area is 170 Å². The van der Waals surface area contributed by atoms with Crippen LogP contribution in [-0.4, -0.2) is 9.97 Å². The van der Waals surface area contributed by atoms with Crippen LogP contribution in [-0.2, 0) is 5.75 Å². The first-order chi connectivity index (χ1) is 13.7. The molecule has 3 aromatic heterocycles. The SMILES string of the molecule is N#Cc1c(-c2ccccn2)cc(-c2ccc(F)cc2)nc1SCc1cccs1. The van der Waals surface area contributed by atoms with Crippen LogP contribution >= 0.6 is 23.1 Å². The third kappa shape index (κ3) is 3.96. The van der Waals surface area contributed by atoms with Gasteiger partial charge in [0.05, 0.1) is 17.0 Å². The number of thiophene rings is 1. The van der Waals surface area contributed by atoms with Gasteiger partial charge in [-0.15, -0.1) is 11.3 Å². The summed E-state index contributed by atoms with van der Waals surface area (Å²) >= 11 is 3.20. The van der Waals surface area contributed by atoms with Crippen LogP contribution in [0.15, 0.2) is 77.3 Å². The Morgan fingerprint density at radius 3 is 2.57 bits per heavy atom. The van der Waals surface area contributed by atoms with Crippen molar-refractivity contribution in [2.45, 2.75) is 10.8 Å². The molecule has 0 fully saturated rings. The monoisotopic (exact) mass is 403 g/mol. The molecule has 0 aliphatic rings. The Balaban J connectivity index is 1.84. The first-order valence-corrected chi connectivity index (χ1v) is 10.4. The molecule has 4 rings (SSSR count). The molecule has 0 atom stereocenters. The summed E-state index contributed by atoms with van der Waals surface area (Å²) < 4.78 is 13.3. The number of hydrogen-bond acceptors (Lipinski definition) is 5. The van der Waals surface area contributed by atoms with Crippen LogP contribution in [0.3, 0.4) is 0 Å². The quantitative estimate of drug-likeness (QED) is 0.374. The zero-order valence-corrected chi connectivity index (χ0v) is 16.3. The van der Waals surface area contributed by atoms with Gasteiger partial charge in [0.15, 0.2) is 0 Å². The van der Waals surface area contributed by atoms with Gasteiger partial charge in [0.1, 0.15) is 16.9 Å². The second-order valence-electron chi connectivity index (χ2n) is 5.94. The van der Waals surface area contributed by atoms with Crippen LogP contribution in [0.2, 0.25) is 0 Å². The molecule has 0 saturated carbocycles. The van der Waals surface area contributed by atoms with Gasteiger partial charge in [0.25, 0.3) is 0 Å². The van der Waals surface area contributed by atoms with Crippen LogP contribution < -0.4 is 0 Å². The molecule has 0 amide bonds. The smallest absolute Gasteiger partial charge is 0.123 e. The first kappa shape index (κ1) is 18.4. The number of hydrogen-bond donors (Lipinski definition) is 0. The predicted molar refractivity (Wildman–Crippen MR) is 111 cm³/mol. The summed E-state index contributed by atoms with van der Waals surface area (Å²) in [6, 6.07) is 20.0. The fourth-order valence-corrected chi connectivity index (χ4v) is 4.54. The number of pyridine rings is 2. The summed E-state index contributed by atoms with van der Waals surface area (Å²) in [5.74, 6) is 0.433. The van der Waals surface area contributed by atoms with Crippen LogP contribution in [0.5, 0.6) is 0 Å². The number of rotatable bonds is 5. The molecule has 0 aliphatic carbocycles. The lowest BCUT2D eigenvalue weighted by molar-refractivity contribution is 0.628. The number of nitriles is 1. The Morgan fingerprint density at radius 2 is 1.89 bits per heavy atom. The van der Waals surface area contributed by atoms with Gasteiger partial charge in [0.2, 0.25) is 0 Å². The number of halogens is 1. The van der Waals surface area contributed by atoms with Gasteiger partial charge >= 0.3 is 0 Å². The fourth-order valence-electron chi connectivity index (χ4n) is 2.76. The Kier molecular flexibility index (Phi) is 5.47. The Bertz CT molecular complexity index is 1120. The van der Waals surface area contributed by atoms with Crippen molar-refractivity contribution in [1.29, 1.82) is 5.26 Å². The highest BCUT2D eigenvalue weighted by Gasteiger charge is 2.17. The van der Waals surface area contributed by atoms with Crippen molar-refractivity contribution < 1.29 is 4.39 Å². The van der Waals surface area contributed by atoms with Gasteiger partial charge in [-0.2, -0.15) is 5.26 Å². The topological polar surface area (TPSA) is 49.6 Å². The van der Waals surface area contributed by atoms with E-state index in [1.54, 1.807) is 29.7 Å². The maximum atomic E-state index is 13.3. The maximum Gasteiger partial charge on any atom is 0.123 e. The Hall–Kier alpha value is -3.01. The van der Waals surface area contributed by atoms with E-state index >= 15 is 0 Å². The highest BCUT2D eigenvalue weighted by atomic mass is 32.2. The number of benzene rings is 1. The minimum Gasteiger partial charge on any atom is -0.256 e. The molecule has 3 nitrogen and oxygen atoms in total. The van der Waals surface area contributed by atoms with Gasteiger partial charge in [-0.3, -0.25) is 4.98 Å². The fraction of sp³-hybridized carbons (Fsp3) is 0.0455. The third-order valence-electron chi connectivity index (χ3n) is 4.11. The van der Waals surface area contributed by atoms with Crippen molar-refractivity contribution in [1.82, 2.24) is 9.97 Å². The summed E-state index contributed by atoms with van der Waals surface area (Å²) in [5.41, 5.74) is 3.43. The summed E-state index contributed by atoms with van der Waals surface area (Å²) in [5, 5.41) is 12.5. The molecular formula is C22H14FN3S2. The van der Waals surface area contributed by atoms with E-state index < -0.39 is 0 Å². The molecule has 0 aliphatic heterocycles. The average molecular weight is 404 g/mol. The van der Waals surface area contributed by atoms with Crippen molar-refractivity contribution in [3.8, 4) is 28.6 Å². The van der Waals surface area contributed by atoms with Crippen LogP contribution in [0.4, 0.5) is 4.39 Å². The van der Waals surface area contributed by atoms with E-state index in [2.05, 4.69) is 17.1 Å². The minimum atomic E-state index is -0.297. The van der Waals surface area contributed by atoms with Crippen molar-refractivity contribution in [2.24, 2.45) is 0 Å². The zero-order chi connectivity index (χ0) is 19.3. The van der Waals surface area contributed by atoms with Gasteiger partial charge in [-0.25, -0.2) is 9.37 Å². The van der Waals surface area contributed by atoms with Gasteiger partial charge < -0.3 is 0 Å². The number of aromatic nitrogens is 2. The minimum absolute atomic E-state index is 0.297. The highest BCUT2D eigenvalue weighted by Crippen LogP contribution is 2.35. The Morgan fingerprint density at radius 1 is 1.04 bits per heavy atom. The second kappa shape index (κ2) is 8.34. The number of nitrogens with zero attached hydrogens (tertiary/aromatic N) is 3.